The van der Waals surface area contributed by atoms with Crippen LogP contribution in [0.3, 0.4) is 0 Å². The van der Waals surface area contributed by atoms with E-state index < -0.39 is 11.0 Å². The lowest BCUT2D eigenvalue weighted by Gasteiger charge is -2.25. The van der Waals surface area contributed by atoms with Crippen molar-refractivity contribution in [2.45, 2.75) is 30.7 Å². The van der Waals surface area contributed by atoms with Gasteiger partial charge in [0.1, 0.15) is 16.6 Å². The van der Waals surface area contributed by atoms with Gasteiger partial charge in [0.05, 0.1) is 30.5 Å². The number of hydrogen-bond donors (Lipinski definition) is 1. The summed E-state index contributed by atoms with van der Waals surface area (Å²) in [6.07, 6.45) is 9.44. The largest absolute Gasteiger partial charge is 0.379 e. The zero-order chi connectivity index (χ0) is 23.9. The van der Waals surface area contributed by atoms with Crippen molar-refractivity contribution in [3.63, 3.8) is 0 Å². The Morgan fingerprint density at radius 2 is 1.94 bits per heavy atom. The number of carbonyl (C=O) groups excluding carboxylic acids is 1. The van der Waals surface area contributed by atoms with Gasteiger partial charge in [0.25, 0.3) is 5.91 Å². The molecule has 1 atom stereocenters. The first-order valence-corrected chi connectivity index (χ1v) is 12.9. The predicted molar refractivity (Wildman–Crippen MR) is 132 cm³/mol. The van der Waals surface area contributed by atoms with E-state index in [-0.39, 0.29) is 5.91 Å². The smallest absolute Gasteiger partial charge is 0.251 e. The molecule has 0 radical (unpaired) electrons. The minimum absolute atomic E-state index is 0.0382. The molecule has 1 aromatic carbocycles. The van der Waals surface area contributed by atoms with Crippen LogP contribution in [0.4, 0.5) is 0 Å². The van der Waals surface area contributed by atoms with Gasteiger partial charge in [-0.15, -0.1) is 0 Å². The van der Waals surface area contributed by atoms with Crippen LogP contribution in [0.1, 0.15) is 28.8 Å². The van der Waals surface area contributed by atoms with Gasteiger partial charge in [-0.05, 0) is 55.2 Å². The van der Waals surface area contributed by atoms with Crippen LogP contribution in [0.5, 0.6) is 0 Å². The monoisotopic (exact) mass is 490 g/mol. The quantitative estimate of drug-likeness (QED) is 0.449. The number of aryl methyl sites for hydroxylation is 1. The van der Waals surface area contributed by atoms with Crippen LogP contribution in [0.15, 0.2) is 60.0 Å². The van der Waals surface area contributed by atoms with E-state index in [2.05, 4.69) is 15.4 Å². The van der Waals surface area contributed by atoms with E-state index in [4.69, 9.17) is 4.74 Å². The van der Waals surface area contributed by atoms with Gasteiger partial charge in [-0.3, -0.25) is 9.20 Å². The molecular weight excluding hydrogens is 464 g/mol. The van der Waals surface area contributed by atoms with Crippen LogP contribution >= 0.6 is 0 Å². The van der Waals surface area contributed by atoms with Crippen LogP contribution in [0, 0.1) is 6.92 Å². The number of nitrogens with one attached hydrogen (secondary N) is 1. The molecule has 3 aromatic heterocycles. The van der Waals surface area contributed by atoms with Crippen molar-refractivity contribution in [2.24, 2.45) is 0 Å². The fourth-order valence-corrected chi connectivity index (χ4v) is 5.40. The first kappa shape index (κ1) is 22.1. The molecule has 1 aliphatic heterocycles. The summed E-state index contributed by atoms with van der Waals surface area (Å²) in [6, 6.07) is 9.79. The maximum Gasteiger partial charge on any atom is 0.251 e. The Balaban J connectivity index is 1.31. The number of imidazole rings is 1. The number of amides is 1. The van der Waals surface area contributed by atoms with Gasteiger partial charge in [-0.25, -0.2) is 18.2 Å². The van der Waals surface area contributed by atoms with Crippen LogP contribution in [0.25, 0.3) is 22.6 Å². The Morgan fingerprint density at radius 1 is 1.11 bits per heavy atom. The topological polar surface area (TPSA) is 93.8 Å². The summed E-state index contributed by atoms with van der Waals surface area (Å²) in [5.41, 5.74) is 4.33. The summed E-state index contributed by atoms with van der Waals surface area (Å²) in [4.78, 5) is 17.8. The maximum absolute atomic E-state index is 13.1. The van der Waals surface area contributed by atoms with Crippen LogP contribution in [-0.4, -0.2) is 65.9 Å². The fraction of sp³-hybridized carbons (Fsp3) is 0.320. The lowest BCUT2D eigenvalue weighted by molar-refractivity contribution is 0.0752. The molecule has 0 bridgehead atoms. The number of carbonyl (C=O) groups is 1. The number of hydrogen-bond acceptors (Lipinski definition) is 5. The Labute approximate surface area is 205 Å². The molecule has 4 aromatic rings. The van der Waals surface area contributed by atoms with Crippen molar-refractivity contribution in [3.05, 3.63) is 66.2 Å². The molecule has 1 unspecified atom stereocenters. The summed E-state index contributed by atoms with van der Waals surface area (Å²) >= 11 is 0. The number of ether oxygens (including phenoxy) is 1. The summed E-state index contributed by atoms with van der Waals surface area (Å²) in [7, 11) is -1.27. The second-order valence-corrected chi connectivity index (χ2v) is 10.4. The van der Waals surface area contributed by atoms with Gasteiger partial charge in [0, 0.05) is 42.7 Å². The molecule has 0 spiro atoms. The standard InChI is InChI=1S/C25H26N6O3S/c1-17-2-3-18(25(32)28-20-4-5-20)12-22(17)19-13-27-31(15-19)24-14-26-23-7-6-21(16-30(23)24)35(33)29-8-10-34-11-9-29/h2-3,6-7,12-16,20H,4-5,8-11H2,1H3,(H,28,32). The molecular formula is C25H26N6O3S. The second kappa shape index (κ2) is 9.03. The Bertz CT molecular complexity index is 1430. The van der Waals surface area contributed by atoms with Gasteiger partial charge in [0.15, 0.2) is 5.82 Å². The number of fused-ring (bicyclic) bond motifs is 1. The highest BCUT2D eigenvalue weighted by atomic mass is 32.2. The number of aromatic nitrogens is 4. The van der Waals surface area contributed by atoms with E-state index in [0.29, 0.717) is 42.8 Å². The molecule has 2 fully saturated rings. The van der Waals surface area contributed by atoms with Crippen molar-refractivity contribution >= 4 is 22.5 Å². The van der Waals surface area contributed by atoms with Gasteiger partial charge in [-0.2, -0.15) is 5.10 Å². The minimum atomic E-state index is -1.27. The van der Waals surface area contributed by atoms with E-state index in [0.717, 1.165) is 41.0 Å². The normalized spacial score (nSPS) is 17.5. The Morgan fingerprint density at radius 3 is 2.74 bits per heavy atom. The van der Waals surface area contributed by atoms with Crippen LogP contribution < -0.4 is 5.32 Å². The van der Waals surface area contributed by atoms with Crippen molar-refractivity contribution in [2.75, 3.05) is 26.3 Å². The van der Waals surface area contributed by atoms with E-state index in [1.165, 1.54) is 0 Å². The average molecular weight is 491 g/mol. The fourth-order valence-electron chi connectivity index (χ4n) is 4.24. The van der Waals surface area contributed by atoms with E-state index in [1.54, 1.807) is 17.1 Å². The number of morpholine rings is 1. The molecule has 10 heteroatoms. The van der Waals surface area contributed by atoms with E-state index in [9.17, 15) is 9.00 Å². The van der Waals surface area contributed by atoms with Gasteiger partial charge in [-0.1, -0.05) is 6.07 Å². The summed E-state index contributed by atoms with van der Waals surface area (Å²) in [5, 5.41) is 7.62. The highest BCUT2D eigenvalue weighted by molar-refractivity contribution is 7.82. The molecule has 4 heterocycles. The molecule has 180 valence electrons. The first-order valence-electron chi connectivity index (χ1n) is 11.8. The number of pyridine rings is 1. The summed E-state index contributed by atoms with van der Waals surface area (Å²) < 4.78 is 24.0. The lowest BCUT2D eigenvalue weighted by Crippen LogP contribution is -2.37. The molecule has 1 N–H and O–H groups in total. The summed E-state index contributed by atoms with van der Waals surface area (Å²) in [6.45, 7) is 4.48. The third-order valence-electron chi connectivity index (χ3n) is 6.41. The third-order valence-corrected chi connectivity index (χ3v) is 7.88. The zero-order valence-corrected chi connectivity index (χ0v) is 20.2. The van der Waals surface area contributed by atoms with Crippen molar-refractivity contribution in [1.82, 2.24) is 28.8 Å². The number of rotatable bonds is 6. The molecule has 35 heavy (non-hydrogen) atoms. The molecule has 6 rings (SSSR count). The minimum Gasteiger partial charge on any atom is -0.379 e. The highest BCUT2D eigenvalue weighted by Crippen LogP contribution is 2.27. The van der Waals surface area contributed by atoms with Gasteiger partial charge < -0.3 is 10.1 Å². The Kier molecular flexibility index (Phi) is 5.71. The van der Waals surface area contributed by atoms with E-state index in [1.807, 2.05) is 58.4 Å². The number of benzene rings is 1. The van der Waals surface area contributed by atoms with Crippen molar-refractivity contribution in [1.29, 1.82) is 0 Å². The summed E-state index contributed by atoms with van der Waals surface area (Å²) in [5.74, 6) is 0.705. The van der Waals surface area contributed by atoms with E-state index >= 15 is 0 Å². The van der Waals surface area contributed by atoms with Crippen LogP contribution in [0.2, 0.25) is 0 Å². The molecule has 2 aliphatic rings. The zero-order valence-electron chi connectivity index (χ0n) is 19.4. The SMILES string of the molecule is Cc1ccc(C(=O)NC2CC2)cc1-c1cnn(-c2cnc3ccc(S(=O)N4CCOCC4)cn23)c1. The predicted octanol–water partition coefficient (Wildman–Crippen LogP) is 2.74. The third kappa shape index (κ3) is 4.40. The van der Waals surface area contributed by atoms with Gasteiger partial charge >= 0.3 is 0 Å². The van der Waals surface area contributed by atoms with Crippen molar-refractivity contribution < 1.29 is 13.7 Å². The number of nitrogens with zero attached hydrogens (tertiary/aromatic N) is 5. The molecule has 1 saturated heterocycles. The molecule has 1 amide bonds. The first-order chi connectivity index (χ1) is 17.1. The maximum atomic E-state index is 13.1. The van der Waals surface area contributed by atoms with Crippen LogP contribution in [-0.2, 0) is 15.7 Å². The Hall–Kier alpha value is -3.34. The lowest BCUT2D eigenvalue weighted by atomic mass is 10.0. The van der Waals surface area contributed by atoms with Gasteiger partial charge in [0.2, 0.25) is 0 Å². The second-order valence-electron chi connectivity index (χ2n) is 8.95. The average Bonchev–Trinajstić information content (AvgIpc) is 3.39. The molecule has 9 nitrogen and oxygen atoms in total. The molecule has 1 aliphatic carbocycles. The highest BCUT2D eigenvalue weighted by Gasteiger charge is 2.24. The van der Waals surface area contributed by atoms with Crippen molar-refractivity contribution in [3.8, 4) is 16.9 Å². The molecule has 1 saturated carbocycles.